The van der Waals surface area contributed by atoms with Gasteiger partial charge in [-0.3, -0.25) is 14.2 Å². The Balaban J connectivity index is 1.46. The van der Waals surface area contributed by atoms with Gasteiger partial charge in [0.15, 0.2) is 0 Å². The average molecular weight is 508 g/mol. The first kappa shape index (κ1) is 25.0. The van der Waals surface area contributed by atoms with Gasteiger partial charge in [-0.2, -0.15) is 0 Å². The summed E-state index contributed by atoms with van der Waals surface area (Å²) in [5.74, 6) is -1.94. The maximum Gasteiger partial charge on any atom is 0.135 e. The van der Waals surface area contributed by atoms with Crippen LogP contribution in [0.5, 0.6) is 5.75 Å². The number of hydrogen-bond acceptors (Lipinski definition) is 3. The van der Waals surface area contributed by atoms with Gasteiger partial charge in [-0.15, -0.1) is 0 Å². The molecule has 1 aromatic heterocycles. The number of rotatable bonds is 8. The number of alkyl halides is 2. The Morgan fingerprint density at radius 1 is 1.08 bits per heavy atom. The predicted molar refractivity (Wildman–Crippen MR) is 128 cm³/mol. The fourth-order valence-corrected chi connectivity index (χ4v) is 5.49. The summed E-state index contributed by atoms with van der Waals surface area (Å²) in [5, 5.41) is 0.401. The first-order valence-corrected chi connectivity index (χ1v) is 12.3. The van der Waals surface area contributed by atoms with Crippen LogP contribution in [0.4, 0.5) is 22.0 Å². The van der Waals surface area contributed by atoms with Crippen LogP contribution >= 0.6 is 0 Å². The molecule has 2 aliphatic heterocycles. The quantitative estimate of drug-likeness (QED) is 0.405. The highest BCUT2D eigenvalue weighted by atomic mass is 19.2. The van der Waals surface area contributed by atoms with Crippen molar-refractivity contribution >= 4 is 10.9 Å². The van der Waals surface area contributed by atoms with Crippen molar-refractivity contribution in [3.63, 3.8) is 0 Å². The van der Waals surface area contributed by atoms with Gasteiger partial charge < -0.3 is 9.72 Å². The van der Waals surface area contributed by atoms with Crippen LogP contribution in [-0.2, 0) is 6.42 Å². The normalized spacial score (nSPS) is 19.5. The monoisotopic (exact) mass is 507 g/mol. The summed E-state index contributed by atoms with van der Waals surface area (Å²) < 4.78 is 78.6. The van der Waals surface area contributed by atoms with E-state index in [0.717, 1.165) is 12.1 Å². The van der Waals surface area contributed by atoms with E-state index in [2.05, 4.69) is 4.98 Å². The second-order valence-electron chi connectivity index (χ2n) is 10.5. The zero-order valence-corrected chi connectivity index (χ0v) is 20.4. The summed E-state index contributed by atoms with van der Waals surface area (Å²) >= 11 is 0. The van der Waals surface area contributed by atoms with Gasteiger partial charge in [-0.1, -0.05) is 6.07 Å². The second kappa shape index (κ2) is 9.67. The SMILES string of the molecule is CC(C)(F)CN1CCc2c([nH]c3cccc(F)c23)[C@@H]1c1c(F)cc(OCCN2CC(CF)C2)cc1F. The molecule has 0 aliphatic carbocycles. The largest absolute Gasteiger partial charge is 0.492 e. The standard InChI is InChI=1S/C27H30F5N3O/c1-27(2,32)15-35-7-6-18-23-19(29)4-3-5-22(23)33-25(18)26(35)24-20(30)10-17(11-21(24)31)36-9-8-34-13-16(12-28)14-34/h3-5,10-11,16,26,33H,6-9,12-15H2,1-2H3/t26-/m0/s1. The second-order valence-corrected chi connectivity index (χ2v) is 10.5. The van der Waals surface area contributed by atoms with E-state index in [1.807, 2.05) is 4.90 Å². The van der Waals surface area contributed by atoms with Crippen LogP contribution in [0, 0.1) is 23.4 Å². The van der Waals surface area contributed by atoms with Crippen molar-refractivity contribution in [1.82, 2.24) is 14.8 Å². The van der Waals surface area contributed by atoms with Crippen molar-refractivity contribution in [2.75, 3.05) is 46.0 Å². The van der Waals surface area contributed by atoms with Gasteiger partial charge >= 0.3 is 0 Å². The lowest BCUT2D eigenvalue weighted by Crippen LogP contribution is -2.49. The molecule has 0 radical (unpaired) electrons. The summed E-state index contributed by atoms with van der Waals surface area (Å²) in [4.78, 5) is 6.87. The van der Waals surface area contributed by atoms with Crippen molar-refractivity contribution in [3.05, 3.63) is 64.6 Å². The van der Waals surface area contributed by atoms with Gasteiger partial charge in [-0.05, 0) is 38.0 Å². The zero-order valence-electron chi connectivity index (χ0n) is 20.4. The Labute approximate surface area is 207 Å². The average Bonchev–Trinajstić information content (AvgIpc) is 3.15. The molecule has 194 valence electrons. The summed E-state index contributed by atoms with van der Waals surface area (Å²) in [6.45, 7) is 4.80. The van der Waals surface area contributed by atoms with Gasteiger partial charge in [0.2, 0.25) is 0 Å². The lowest BCUT2D eigenvalue weighted by molar-refractivity contribution is 0.0667. The highest BCUT2D eigenvalue weighted by molar-refractivity contribution is 5.86. The van der Waals surface area contributed by atoms with E-state index in [-0.39, 0.29) is 37.1 Å². The topological polar surface area (TPSA) is 31.5 Å². The minimum atomic E-state index is -1.61. The van der Waals surface area contributed by atoms with E-state index in [0.29, 0.717) is 54.8 Å². The number of H-pyrrole nitrogens is 1. The molecule has 9 heteroatoms. The molecule has 0 amide bonds. The van der Waals surface area contributed by atoms with Crippen molar-refractivity contribution in [3.8, 4) is 5.75 Å². The van der Waals surface area contributed by atoms with Gasteiger partial charge in [0, 0.05) is 72.9 Å². The predicted octanol–water partition coefficient (Wildman–Crippen LogP) is 5.56. The summed E-state index contributed by atoms with van der Waals surface area (Å²) in [6, 6.07) is 5.96. The van der Waals surface area contributed by atoms with Crippen molar-refractivity contribution in [2.45, 2.75) is 32.0 Å². The van der Waals surface area contributed by atoms with Crippen LogP contribution in [0.15, 0.2) is 30.3 Å². The summed E-state index contributed by atoms with van der Waals surface area (Å²) in [5.41, 5.74) is -0.180. The molecule has 1 atom stereocenters. The third kappa shape index (κ3) is 4.83. The van der Waals surface area contributed by atoms with Gasteiger partial charge in [0.1, 0.15) is 35.5 Å². The number of fused-ring (bicyclic) bond motifs is 3. The number of halogens is 5. The highest BCUT2D eigenvalue weighted by Crippen LogP contribution is 2.42. The van der Waals surface area contributed by atoms with Gasteiger partial charge in [0.05, 0.1) is 12.7 Å². The first-order valence-electron chi connectivity index (χ1n) is 12.3. The molecule has 0 saturated carbocycles. The number of likely N-dealkylation sites (tertiary alicyclic amines) is 1. The molecule has 0 spiro atoms. The fraction of sp³-hybridized carbons (Fsp3) is 0.481. The number of aromatic amines is 1. The van der Waals surface area contributed by atoms with E-state index in [1.165, 1.54) is 19.9 Å². The van der Waals surface area contributed by atoms with Crippen LogP contribution in [0.1, 0.15) is 36.7 Å². The highest BCUT2D eigenvalue weighted by Gasteiger charge is 2.38. The molecule has 36 heavy (non-hydrogen) atoms. The number of nitrogens with one attached hydrogen (secondary N) is 1. The molecule has 1 N–H and O–H groups in total. The minimum Gasteiger partial charge on any atom is -0.492 e. The smallest absolute Gasteiger partial charge is 0.135 e. The lowest BCUT2D eigenvalue weighted by atomic mass is 9.90. The van der Waals surface area contributed by atoms with E-state index in [1.54, 1.807) is 17.0 Å². The van der Waals surface area contributed by atoms with Crippen molar-refractivity contribution in [2.24, 2.45) is 5.92 Å². The first-order chi connectivity index (χ1) is 17.1. The van der Waals surface area contributed by atoms with Crippen LogP contribution in [0.2, 0.25) is 0 Å². The van der Waals surface area contributed by atoms with Gasteiger partial charge in [0.25, 0.3) is 0 Å². The van der Waals surface area contributed by atoms with Crippen molar-refractivity contribution in [1.29, 1.82) is 0 Å². The Morgan fingerprint density at radius 3 is 2.47 bits per heavy atom. The molecule has 2 aromatic carbocycles. The Kier molecular flexibility index (Phi) is 6.72. The summed E-state index contributed by atoms with van der Waals surface area (Å²) in [7, 11) is 0. The van der Waals surface area contributed by atoms with Crippen LogP contribution in [-0.4, -0.2) is 66.5 Å². The molecule has 1 fully saturated rings. The van der Waals surface area contributed by atoms with Crippen molar-refractivity contribution < 1.29 is 26.7 Å². The molecule has 5 rings (SSSR count). The number of hydrogen-bond donors (Lipinski definition) is 1. The Bertz CT molecular complexity index is 1230. The Hall–Kier alpha value is -2.65. The maximum atomic E-state index is 15.5. The molecule has 1 saturated heterocycles. The minimum absolute atomic E-state index is 0.0485. The molecular weight excluding hydrogens is 477 g/mol. The number of benzene rings is 2. The Morgan fingerprint density at radius 2 is 1.81 bits per heavy atom. The molecule has 0 bridgehead atoms. The molecular formula is C27H30F5N3O. The van der Waals surface area contributed by atoms with Crippen LogP contribution in [0.3, 0.4) is 0 Å². The lowest BCUT2D eigenvalue weighted by Gasteiger charge is -2.38. The fourth-order valence-electron chi connectivity index (χ4n) is 5.49. The van der Waals surface area contributed by atoms with E-state index >= 15 is 8.78 Å². The molecule has 3 aromatic rings. The third-order valence-electron chi connectivity index (χ3n) is 7.03. The number of aromatic nitrogens is 1. The zero-order chi connectivity index (χ0) is 25.6. The van der Waals surface area contributed by atoms with Gasteiger partial charge in [-0.25, -0.2) is 17.6 Å². The molecule has 0 unspecified atom stereocenters. The number of ether oxygens (including phenoxy) is 1. The molecule has 2 aliphatic rings. The summed E-state index contributed by atoms with van der Waals surface area (Å²) in [6.07, 6.45) is 0.424. The van der Waals surface area contributed by atoms with E-state index in [4.69, 9.17) is 4.74 Å². The number of nitrogens with zero attached hydrogens (tertiary/aromatic N) is 2. The van der Waals surface area contributed by atoms with Crippen LogP contribution < -0.4 is 4.74 Å². The van der Waals surface area contributed by atoms with Crippen LogP contribution in [0.25, 0.3) is 10.9 Å². The van der Waals surface area contributed by atoms with E-state index < -0.39 is 29.2 Å². The molecule has 4 nitrogen and oxygen atoms in total. The maximum absolute atomic E-state index is 15.5. The molecule has 3 heterocycles. The van der Waals surface area contributed by atoms with E-state index in [9.17, 15) is 13.2 Å². The third-order valence-corrected chi connectivity index (χ3v) is 7.03.